The zero-order valence-electron chi connectivity index (χ0n) is 9.11. The van der Waals surface area contributed by atoms with Crippen LogP contribution in [0, 0.1) is 35.5 Å². The Morgan fingerprint density at radius 2 is 2.21 bits per heavy atom. The van der Waals surface area contributed by atoms with Gasteiger partial charge in [-0.2, -0.15) is 0 Å². The van der Waals surface area contributed by atoms with Gasteiger partial charge in [0.05, 0.1) is 0 Å². The van der Waals surface area contributed by atoms with Gasteiger partial charge in [-0.3, -0.25) is 0 Å². The normalized spacial score (nSPS) is 54.9. The van der Waals surface area contributed by atoms with Gasteiger partial charge in [-0.15, -0.1) is 0 Å². The minimum atomic E-state index is 0.376. The largest absolute Gasteiger partial charge is 0.396 e. The summed E-state index contributed by atoms with van der Waals surface area (Å²) in [7, 11) is 0. The molecule has 0 aromatic carbocycles. The molecule has 1 N–H and O–H groups in total. The standard InChI is InChI=1S/C13H20O/c1-7-3-9-5-10(7)11-4-8(2)12(6-14)13(9)11/h4,7,9-14H,3,5-6H2,1-2H3. The van der Waals surface area contributed by atoms with Crippen LogP contribution in [0.3, 0.4) is 0 Å². The average Bonchev–Trinajstić information content (AvgIpc) is 2.73. The van der Waals surface area contributed by atoms with E-state index in [0.717, 1.165) is 29.6 Å². The second kappa shape index (κ2) is 2.85. The zero-order valence-corrected chi connectivity index (χ0v) is 9.11. The molecule has 3 aliphatic carbocycles. The molecule has 14 heavy (non-hydrogen) atoms. The molecule has 0 aromatic heterocycles. The van der Waals surface area contributed by atoms with Gasteiger partial charge in [-0.1, -0.05) is 18.6 Å². The molecule has 0 radical (unpaired) electrons. The van der Waals surface area contributed by atoms with E-state index in [4.69, 9.17) is 0 Å². The fourth-order valence-corrected chi connectivity index (χ4v) is 4.61. The van der Waals surface area contributed by atoms with Gasteiger partial charge in [0, 0.05) is 12.5 Å². The summed E-state index contributed by atoms with van der Waals surface area (Å²) >= 11 is 0. The van der Waals surface area contributed by atoms with Crippen LogP contribution in [0.1, 0.15) is 26.7 Å². The molecule has 1 heteroatoms. The van der Waals surface area contributed by atoms with Crippen molar-refractivity contribution in [2.24, 2.45) is 35.5 Å². The number of rotatable bonds is 1. The summed E-state index contributed by atoms with van der Waals surface area (Å²) in [6.45, 7) is 5.00. The molecule has 2 bridgehead atoms. The van der Waals surface area contributed by atoms with Crippen LogP contribution in [0.5, 0.6) is 0 Å². The number of hydrogen-bond donors (Lipinski definition) is 1. The van der Waals surface area contributed by atoms with Gasteiger partial charge in [0.15, 0.2) is 0 Å². The van der Waals surface area contributed by atoms with Crippen LogP contribution >= 0.6 is 0 Å². The monoisotopic (exact) mass is 192 g/mol. The Labute approximate surface area is 86.2 Å². The van der Waals surface area contributed by atoms with Crippen molar-refractivity contribution in [3.8, 4) is 0 Å². The molecule has 0 saturated heterocycles. The van der Waals surface area contributed by atoms with Crippen LogP contribution in [0.25, 0.3) is 0 Å². The lowest BCUT2D eigenvalue weighted by Crippen LogP contribution is -2.28. The van der Waals surface area contributed by atoms with Crippen LogP contribution in [-0.2, 0) is 0 Å². The molecule has 0 aromatic rings. The Morgan fingerprint density at radius 1 is 1.43 bits per heavy atom. The predicted molar refractivity (Wildman–Crippen MR) is 56.7 cm³/mol. The van der Waals surface area contributed by atoms with E-state index in [1.807, 2.05) is 0 Å². The van der Waals surface area contributed by atoms with Gasteiger partial charge in [0.25, 0.3) is 0 Å². The van der Waals surface area contributed by atoms with Crippen molar-refractivity contribution >= 4 is 0 Å². The van der Waals surface area contributed by atoms with Crippen LogP contribution in [0.2, 0.25) is 0 Å². The molecular weight excluding hydrogens is 172 g/mol. The maximum Gasteiger partial charge on any atom is 0.0499 e. The minimum absolute atomic E-state index is 0.376. The molecule has 0 amide bonds. The highest BCUT2D eigenvalue weighted by Gasteiger charge is 2.54. The summed E-state index contributed by atoms with van der Waals surface area (Å²) < 4.78 is 0. The Bertz CT molecular complexity index is 281. The maximum atomic E-state index is 9.44. The Hall–Kier alpha value is -0.300. The molecule has 0 heterocycles. The first-order chi connectivity index (χ1) is 6.72. The average molecular weight is 192 g/mol. The first-order valence-corrected chi connectivity index (χ1v) is 6.01. The summed E-state index contributed by atoms with van der Waals surface area (Å²) in [6.07, 6.45) is 5.34. The lowest BCUT2D eigenvalue weighted by atomic mass is 9.73. The van der Waals surface area contributed by atoms with E-state index in [0.29, 0.717) is 12.5 Å². The number of fused-ring (bicyclic) bond motifs is 5. The van der Waals surface area contributed by atoms with Gasteiger partial charge >= 0.3 is 0 Å². The summed E-state index contributed by atoms with van der Waals surface area (Å²) in [4.78, 5) is 0. The second-order valence-corrected chi connectivity index (χ2v) is 5.73. The van der Waals surface area contributed by atoms with E-state index in [-0.39, 0.29) is 0 Å². The number of hydrogen-bond acceptors (Lipinski definition) is 1. The third kappa shape index (κ3) is 0.942. The molecule has 3 aliphatic rings. The second-order valence-electron chi connectivity index (χ2n) is 5.73. The predicted octanol–water partition coefficient (Wildman–Crippen LogP) is 2.46. The first-order valence-electron chi connectivity index (χ1n) is 6.01. The Balaban J connectivity index is 1.92. The van der Waals surface area contributed by atoms with E-state index < -0.39 is 0 Å². The van der Waals surface area contributed by atoms with Crippen LogP contribution in [0.4, 0.5) is 0 Å². The smallest absolute Gasteiger partial charge is 0.0499 e. The van der Waals surface area contributed by atoms with Crippen molar-refractivity contribution in [1.82, 2.24) is 0 Å². The fraction of sp³-hybridized carbons (Fsp3) is 0.846. The van der Waals surface area contributed by atoms with E-state index in [1.165, 1.54) is 18.4 Å². The van der Waals surface area contributed by atoms with Gasteiger partial charge in [0.1, 0.15) is 0 Å². The summed E-state index contributed by atoms with van der Waals surface area (Å²) in [5, 5.41) is 9.44. The molecule has 2 saturated carbocycles. The van der Waals surface area contributed by atoms with Crippen molar-refractivity contribution in [3.63, 3.8) is 0 Å². The van der Waals surface area contributed by atoms with E-state index in [9.17, 15) is 5.11 Å². The minimum Gasteiger partial charge on any atom is -0.396 e. The van der Waals surface area contributed by atoms with E-state index in [2.05, 4.69) is 19.9 Å². The Morgan fingerprint density at radius 3 is 2.93 bits per heavy atom. The first kappa shape index (κ1) is 8.96. The quantitative estimate of drug-likeness (QED) is 0.633. The highest BCUT2D eigenvalue weighted by atomic mass is 16.3. The highest BCUT2D eigenvalue weighted by molar-refractivity contribution is 5.23. The van der Waals surface area contributed by atoms with Crippen molar-refractivity contribution in [2.45, 2.75) is 26.7 Å². The molecule has 0 aliphatic heterocycles. The van der Waals surface area contributed by atoms with Crippen molar-refractivity contribution in [2.75, 3.05) is 6.61 Å². The third-order valence-electron chi connectivity index (χ3n) is 5.17. The third-order valence-corrected chi connectivity index (χ3v) is 5.17. The van der Waals surface area contributed by atoms with Gasteiger partial charge < -0.3 is 5.11 Å². The molecule has 3 rings (SSSR count). The highest BCUT2D eigenvalue weighted by Crippen LogP contribution is 2.61. The molecule has 2 fully saturated rings. The fourth-order valence-electron chi connectivity index (χ4n) is 4.61. The molecule has 1 nitrogen and oxygen atoms in total. The van der Waals surface area contributed by atoms with Gasteiger partial charge in [-0.25, -0.2) is 0 Å². The van der Waals surface area contributed by atoms with E-state index in [1.54, 1.807) is 0 Å². The summed E-state index contributed by atoms with van der Waals surface area (Å²) in [6, 6.07) is 0. The van der Waals surface area contributed by atoms with Crippen LogP contribution < -0.4 is 0 Å². The lowest BCUT2D eigenvalue weighted by Gasteiger charge is -2.32. The van der Waals surface area contributed by atoms with Crippen molar-refractivity contribution < 1.29 is 5.11 Å². The van der Waals surface area contributed by atoms with Crippen molar-refractivity contribution in [1.29, 1.82) is 0 Å². The Kier molecular flexibility index (Phi) is 1.82. The summed E-state index contributed by atoms with van der Waals surface area (Å²) in [5.74, 6) is 4.93. The molecule has 0 spiro atoms. The molecule has 6 unspecified atom stereocenters. The SMILES string of the molecule is CC1=CC2C3CC(CC3C)C2C1CO. The van der Waals surface area contributed by atoms with E-state index >= 15 is 0 Å². The van der Waals surface area contributed by atoms with Gasteiger partial charge in [0.2, 0.25) is 0 Å². The lowest BCUT2D eigenvalue weighted by molar-refractivity contribution is 0.133. The summed E-state index contributed by atoms with van der Waals surface area (Å²) in [5.41, 5.74) is 1.46. The van der Waals surface area contributed by atoms with Gasteiger partial charge in [-0.05, 0) is 49.4 Å². The number of allylic oxidation sites excluding steroid dienone is 1. The number of aliphatic hydroxyl groups excluding tert-OH is 1. The van der Waals surface area contributed by atoms with Crippen LogP contribution in [0.15, 0.2) is 11.6 Å². The van der Waals surface area contributed by atoms with Crippen molar-refractivity contribution in [3.05, 3.63) is 11.6 Å². The molecular formula is C13H20O. The topological polar surface area (TPSA) is 20.2 Å². The van der Waals surface area contributed by atoms with Crippen LogP contribution in [-0.4, -0.2) is 11.7 Å². The zero-order chi connectivity index (χ0) is 9.87. The number of aliphatic hydroxyl groups is 1. The molecule has 6 atom stereocenters. The molecule has 78 valence electrons. The maximum absolute atomic E-state index is 9.44.